The minimum Gasteiger partial charge on any atom is -0.449 e. The van der Waals surface area contributed by atoms with Crippen LogP contribution in [0.4, 0.5) is 0 Å². The van der Waals surface area contributed by atoms with Crippen molar-refractivity contribution in [3.63, 3.8) is 0 Å². The monoisotopic (exact) mass is 240 g/mol. The second kappa shape index (κ2) is 5.37. The highest BCUT2D eigenvalue weighted by Crippen LogP contribution is 2.36. The molecule has 0 amide bonds. The SMILES string of the molecule is C[C@@H]1SC[C@@H](OC(=O)CCl)S[C@H]1C. The number of hydrogen-bond donors (Lipinski definition) is 0. The number of rotatable bonds is 2. The van der Waals surface area contributed by atoms with Gasteiger partial charge in [0.25, 0.3) is 0 Å². The summed E-state index contributed by atoms with van der Waals surface area (Å²) in [7, 11) is 0. The predicted octanol–water partition coefficient (Wildman–Crippen LogP) is 2.35. The van der Waals surface area contributed by atoms with Gasteiger partial charge in [0.15, 0.2) is 5.44 Å². The molecule has 0 unspecified atom stereocenters. The average molecular weight is 241 g/mol. The van der Waals surface area contributed by atoms with Crippen LogP contribution in [0.5, 0.6) is 0 Å². The summed E-state index contributed by atoms with van der Waals surface area (Å²) in [5.74, 6) is 0.506. The summed E-state index contributed by atoms with van der Waals surface area (Å²) in [5, 5.41) is 1.17. The lowest BCUT2D eigenvalue weighted by Gasteiger charge is -2.30. The molecule has 0 aliphatic carbocycles. The minimum atomic E-state index is -0.318. The molecule has 0 spiro atoms. The van der Waals surface area contributed by atoms with E-state index in [2.05, 4.69) is 13.8 Å². The van der Waals surface area contributed by atoms with Crippen LogP contribution < -0.4 is 0 Å². The summed E-state index contributed by atoms with van der Waals surface area (Å²) < 4.78 is 5.13. The van der Waals surface area contributed by atoms with Gasteiger partial charge in [-0.25, -0.2) is 0 Å². The van der Waals surface area contributed by atoms with E-state index >= 15 is 0 Å². The molecular weight excluding hydrogens is 228 g/mol. The van der Waals surface area contributed by atoms with E-state index in [1.165, 1.54) is 0 Å². The van der Waals surface area contributed by atoms with E-state index in [-0.39, 0.29) is 17.3 Å². The number of hydrogen-bond acceptors (Lipinski definition) is 4. The highest BCUT2D eigenvalue weighted by atomic mass is 35.5. The topological polar surface area (TPSA) is 26.3 Å². The van der Waals surface area contributed by atoms with Gasteiger partial charge in [0.05, 0.1) is 0 Å². The molecule has 0 bridgehead atoms. The first-order chi connectivity index (χ1) is 6.13. The van der Waals surface area contributed by atoms with Gasteiger partial charge in [-0.15, -0.1) is 23.4 Å². The van der Waals surface area contributed by atoms with Gasteiger partial charge >= 0.3 is 5.97 Å². The van der Waals surface area contributed by atoms with Crippen molar-refractivity contribution in [2.45, 2.75) is 29.8 Å². The van der Waals surface area contributed by atoms with Crippen molar-refractivity contribution < 1.29 is 9.53 Å². The Labute approximate surface area is 92.1 Å². The Morgan fingerprint density at radius 1 is 1.54 bits per heavy atom. The second-order valence-corrected chi connectivity index (χ2v) is 6.15. The van der Waals surface area contributed by atoms with Crippen LogP contribution in [0.1, 0.15) is 13.8 Å². The third-order valence-electron chi connectivity index (χ3n) is 1.89. The minimum absolute atomic E-state index is 0.0116. The summed E-state index contributed by atoms with van der Waals surface area (Å²) in [5.41, 5.74) is -0.0116. The number of thioether (sulfide) groups is 2. The zero-order valence-electron chi connectivity index (χ0n) is 7.66. The summed E-state index contributed by atoms with van der Waals surface area (Å²) in [4.78, 5) is 10.9. The Bertz CT molecular complexity index is 189. The number of esters is 1. The first kappa shape index (κ1) is 11.5. The Morgan fingerprint density at radius 3 is 2.77 bits per heavy atom. The van der Waals surface area contributed by atoms with E-state index in [9.17, 15) is 4.79 Å². The van der Waals surface area contributed by atoms with Gasteiger partial charge in [-0.05, 0) is 0 Å². The van der Waals surface area contributed by atoms with Crippen LogP contribution in [0, 0.1) is 0 Å². The molecule has 0 aromatic rings. The molecule has 76 valence electrons. The Hall–Kier alpha value is 0.460. The fraction of sp³-hybridized carbons (Fsp3) is 0.875. The van der Waals surface area contributed by atoms with Crippen molar-refractivity contribution in [1.29, 1.82) is 0 Å². The molecular formula is C8H13ClO2S2. The zero-order valence-corrected chi connectivity index (χ0v) is 10.0. The van der Waals surface area contributed by atoms with Gasteiger partial charge in [0, 0.05) is 16.3 Å². The molecule has 1 fully saturated rings. The molecule has 0 saturated carbocycles. The molecule has 0 aromatic heterocycles. The molecule has 5 heteroatoms. The Balaban J connectivity index is 2.33. The maximum atomic E-state index is 10.9. The Kier molecular flexibility index (Phi) is 4.76. The molecule has 3 atom stereocenters. The lowest BCUT2D eigenvalue weighted by atomic mass is 10.4. The van der Waals surface area contributed by atoms with Crippen LogP contribution in [-0.2, 0) is 9.53 Å². The van der Waals surface area contributed by atoms with Gasteiger partial charge in [-0.3, -0.25) is 4.79 Å². The third kappa shape index (κ3) is 3.60. The van der Waals surface area contributed by atoms with Gasteiger partial charge in [-0.2, -0.15) is 11.8 Å². The normalized spacial score (nSPS) is 34.2. The number of carbonyl (C=O) groups is 1. The lowest BCUT2D eigenvalue weighted by Crippen LogP contribution is -2.29. The van der Waals surface area contributed by atoms with Crippen LogP contribution in [0.3, 0.4) is 0 Å². The van der Waals surface area contributed by atoms with Gasteiger partial charge in [-0.1, -0.05) is 13.8 Å². The van der Waals surface area contributed by atoms with E-state index in [1.807, 2.05) is 11.8 Å². The first-order valence-electron chi connectivity index (χ1n) is 4.16. The van der Waals surface area contributed by atoms with E-state index in [0.717, 1.165) is 5.75 Å². The summed E-state index contributed by atoms with van der Waals surface area (Å²) >= 11 is 8.91. The van der Waals surface area contributed by atoms with Crippen molar-refractivity contribution >= 4 is 41.1 Å². The molecule has 0 aromatic carbocycles. The molecule has 1 aliphatic rings. The van der Waals surface area contributed by atoms with Gasteiger partial charge in [0.1, 0.15) is 5.88 Å². The van der Waals surface area contributed by atoms with Crippen molar-refractivity contribution in [3.05, 3.63) is 0 Å². The first-order valence-corrected chi connectivity index (χ1v) is 6.68. The van der Waals surface area contributed by atoms with E-state index < -0.39 is 0 Å². The molecule has 2 nitrogen and oxygen atoms in total. The van der Waals surface area contributed by atoms with Gasteiger partial charge in [0.2, 0.25) is 0 Å². The zero-order chi connectivity index (χ0) is 9.84. The smallest absolute Gasteiger partial charge is 0.322 e. The average Bonchev–Trinajstić information content (AvgIpc) is 2.11. The van der Waals surface area contributed by atoms with Crippen LogP contribution in [0.2, 0.25) is 0 Å². The maximum absolute atomic E-state index is 10.9. The third-order valence-corrected chi connectivity index (χ3v) is 5.33. The van der Waals surface area contributed by atoms with Crippen LogP contribution in [0.25, 0.3) is 0 Å². The molecule has 1 rings (SSSR count). The van der Waals surface area contributed by atoms with E-state index in [0.29, 0.717) is 10.5 Å². The predicted molar refractivity (Wildman–Crippen MR) is 59.6 cm³/mol. The summed E-state index contributed by atoms with van der Waals surface area (Å²) in [6, 6.07) is 0. The number of carbonyl (C=O) groups excluding carboxylic acids is 1. The summed E-state index contributed by atoms with van der Waals surface area (Å²) in [6.45, 7) is 4.35. The highest BCUT2D eigenvalue weighted by Gasteiger charge is 2.27. The van der Waals surface area contributed by atoms with E-state index in [4.69, 9.17) is 16.3 Å². The molecule has 0 radical (unpaired) electrons. The molecule has 0 N–H and O–H groups in total. The lowest BCUT2D eigenvalue weighted by molar-refractivity contribution is -0.141. The van der Waals surface area contributed by atoms with Crippen molar-refractivity contribution in [2.75, 3.05) is 11.6 Å². The maximum Gasteiger partial charge on any atom is 0.322 e. The van der Waals surface area contributed by atoms with Crippen molar-refractivity contribution in [3.8, 4) is 0 Å². The number of alkyl halides is 1. The second-order valence-electron chi connectivity index (χ2n) is 2.93. The van der Waals surface area contributed by atoms with Crippen LogP contribution >= 0.6 is 35.1 Å². The highest BCUT2D eigenvalue weighted by molar-refractivity contribution is 8.07. The van der Waals surface area contributed by atoms with Crippen molar-refractivity contribution in [1.82, 2.24) is 0 Å². The van der Waals surface area contributed by atoms with Crippen LogP contribution in [-0.4, -0.2) is 33.5 Å². The van der Waals surface area contributed by atoms with E-state index in [1.54, 1.807) is 11.8 Å². The number of ether oxygens (including phenoxy) is 1. The van der Waals surface area contributed by atoms with Crippen molar-refractivity contribution in [2.24, 2.45) is 0 Å². The largest absolute Gasteiger partial charge is 0.449 e. The number of halogens is 1. The Morgan fingerprint density at radius 2 is 2.23 bits per heavy atom. The molecule has 1 aliphatic heterocycles. The van der Waals surface area contributed by atoms with Crippen LogP contribution in [0.15, 0.2) is 0 Å². The summed E-state index contributed by atoms with van der Waals surface area (Å²) in [6.07, 6.45) is 0. The van der Waals surface area contributed by atoms with Gasteiger partial charge < -0.3 is 4.74 Å². The fourth-order valence-corrected chi connectivity index (χ4v) is 3.70. The molecule has 13 heavy (non-hydrogen) atoms. The molecule has 1 heterocycles. The molecule has 1 saturated heterocycles. The standard InChI is InChI=1S/C8H13ClO2S2/c1-5-6(2)13-8(4-12-5)11-7(10)3-9/h5-6,8H,3-4H2,1-2H3/t5-,6-,8-/m0/s1. The quantitative estimate of drug-likeness (QED) is 0.547. The fourth-order valence-electron chi connectivity index (χ4n) is 0.995.